The number of fused-ring (bicyclic) bond motifs is 1. The molecule has 0 fully saturated rings. The Morgan fingerprint density at radius 2 is 2.30 bits per heavy atom. The van der Waals surface area contributed by atoms with Crippen LogP contribution in [0.3, 0.4) is 0 Å². The van der Waals surface area contributed by atoms with Crippen LogP contribution in [-0.4, -0.2) is 35.5 Å². The largest absolute Gasteiger partial charge is 0.506 e. The van der Waals surface area contributed by atoms with Crippen molar-refractivity contribution in [1.82, 2.24) is 10.2 Å². The molecule has 1 aromatic carbocycles. The van der Waals surface area contributed by atoms with E-state index in [4.69, 9.17) is 0 Å². The van der Waals surface area contributed by atoms with Gasteiger partial charge in [-0.05, 0) is 64.0 Å². The summed E-state index contributed by atoms with van der Waals surface area (Å²) in [5.74, 6) is -0.242. The molecule has 0 saturated carbocycles. The zero-order valence-electron chi connectivity index (χ0n) is 12.9. The van der Waals surface area contributed by atoms with E-state index in [9.17, 15) is 9.90 Å². The number of nitrogens with one attached hydrogen (secondary N) is 1. The van der Waals surface area contributed by atoms with E-state index in [0.29, 0.717) is 16.6 Å². The number of carbonyl (C=O) groups excluding carboxylic acids is 1. The molecule has 0 atom stereocenters. The van der Waals surface area contributed by atoms with Gasteiger partial charge in [-0.2, -0.15) is 0 Å². The fourth-order valence-corrected chi connectivity index (χ4v) is 4.29. The lowest BCUT2D eigenvalue weighted by Gasteiger charge is -2.26. The maximum absolute atomic E-state index is 12.3. The van der Waals surface area contributed by atoms with Gasteiger partial charge in [-0.1, -0.05) is 0 Å². The molecular weight excluding hydrogens is 376 g/mol. The van der Waals surface area contributed by atoms with E-state index >= 15 is 0 Å². The van der Waals surface area contributed by atoms with Crippen molar-refractivity contribution in [2.24, 2.45) is 0 Å². The number of aromatic hydroxyl groups is 1. The van der Waals surface area contributed by atoms with Crippen LogP contribution in [-0.2, 0) is 13.0 Å². The first-order valence-corrected chi connectivity index (χ1v) is 9.27. The van der Waals surface area contributed by atoms with Crippen LogP contribution in [0.1, 0.15) is 26.4 Å². The van der Waals surface area contributed by atoms with Crippen molar-refractivity contribution in [3.8, 4) is 5.75 Å². The summed E-state index contributed by atoms with van der Waals surface area (Å²) in [6.07, 6.45) is 1.09. The average Bonchev–Trinajstić information content (AvgIpc) is 2.98. The highest BCUT2D eigenvalue weighted by molar-refractivity contribution is 9.10. The van der Waals surface area contributed by atoms with Gasteiger partial charge in [0.1, 0.15) is 5.75 Å². The Kier molecular flexibility index (Phi) is 5.04. The van der Waals surface area contributed by atoms with E-state index in [1.807, 2.05) is 18.3 Å². The number of halogens is 1. The van der Waals surface area contributed by atoms with Crippen molar-refractivity contribution < 1.29 is 9.90 Å². The Bertz CT molecular complexity index is 729. The average molecular weight is 395 g/mol. The molecule has 1 aliphatic heterocycles. The van der Waals surface area contributed by atoms with Gasteiger partial charge in [0.15, 0.2) is 0 Å². The van der Waals surface area contributed by atoms with Crippen LogP contribution in [0, 0.1) is 6.92 Å². The number of thiophene rings is 1. The maximum Gasteiger partial charge on any atom is 0.255 e. The minimum Gasteiger partial charge on any atom is -0.506 e. The Labute approximate surface area is 148 Å². The lowest BCUT2D eigenvalue weighted by molar-refractivity contribution is 0.0944. The van der Waals surface area contributed by atoms with Crippen LogP contribution in [0.5, 0.6) is 5.75 Å². The number of amides is 1. The van der Waals surface area contributed by atoms with Crippen LogP contribution >= 0.6 is 27.3 Å². The van der Waals surface area contributed by atoms with Gasteiger partial charge in [0, 0.05) is 31.1 Å². The topological polar surface area (TPSA) is 52.6 Å². The lowest BCUT2D eigenvalue weighted by Crippen LogP contribution is -2.37. The molecule has 23 heavy (non-hydrogen) atoms. The summed E-state index contributed by atoms with van der Waals surface area (Å²) >= 11 is 5.10. The molecule has 2 aromatic rings. The Balaban J connectivity index is 1.54. The molecule has 6 heteroatoms. The molecule has 4 nitrogen and oxygen atoms in total. The fourth-order valence-electron chi connectivity index (χ4n) is 2.83. The molecular formula is C17H19BrN2O2S. The second kappa shape index (κ2) is 7.03. The molecule has 3 rings (SSSR count). The SMILES string of the molecule is Cc1cc(Br)c(O)c(C(=O)NCCN2CCc3sccc3C2)c1. The van der Waals surface area contributed by atoms with Crippen molar-refractivity contribution in [2.45, 2.75) is 19.9 Å². The van der Waals surface area contributed by atoms with Gasteiger partial charge < -0.3 is 10.4 Å². The molecule has 0 saturated heterocycles. The second-order valence-corrected chi connectivity index (χ2v) is 7.65. The van der Waals surface area contributed by atoms with Gasteiger partial charge in [0.2, 0.25) is 0 Å². The normalized spacial score (nSPS) is 14.5. The van der Waals surface area contributed by atoms with Crippen LogP contribution in [0.4, 0.5) is 0 Å². The van der Waals surface area contributed by atoms with Crippen molar-refractivity contribution in [3.63, 3.8) is 0 Å². The summed E-state index contributed by atoms with van der Waals surface area (Å²) in [4.78, 5) is 16.1. The quantitative estimate of drug-likeness (QED) is 0.835. The molecule has 0 unspecified atom stereocenters. The van der Waals surface area contributed by atoms with E-state index in [1.54, 1.807) is 12.1 Å². The van der Waals surface area contributed by atoms with Crippen molar-refractivity contribution in [1.29, 1.82) is 0 Å². The molecule has 2 N–H and O–H groups in total. The van der Waals surface area contributed by atoms with Crippen LogP contribution in [0.25, 0.3) is 0 Å². The predicted octanol–water partition coefficient (Wildman–Crippen LogP) is 3.31. The second-order valence-electron chi connectivity index (χ2n) is 5.79. The Morgan fingerprint density at radius 1 is 1.48 bits per heavy atom. The predicted molar refractivity (Wildman–Crippen MR) is 96.2 cm³/mol. The standard InChI is InChI=1S/C17H19BrN2O2S/c1-11-8-13(16(21)14(18)9-11)17(22)19-4-6-20-5-2-15-12(10-20)3-7-23-15/h3,7-9,21H,2,4-6,10H2,1H3,(H,19,22). The zero-order chi connectivity index (χ0) is 16.4. The monoisotopic (exact) mass is 394 g/mol. The first-order valence-electron chi connectivity index (χ1n) is 7.59. The van der Waals surface area contributed by atoms with E-state index < -0.39 is 0 Å². The summed E-state index contributed by atoms with van der Waals surface area (Å²) in [6.45, 7) is 5.27. The number of benzene rings is 1. The third-order valence-corrected chi connectivity index (χ3v) is 5.68. The number of phenolic OH excluding ortho intramolecular Hbond substituents is 1. The van der Waals surface area contributed by atoms with E-state index in [-0.39, 0.29) is 11.7 Å². The number of carbonyl (C=O) groups is 1. The highest BCUT2D eigenvalue weighted by Crippen LogP contribution is 2.29. The molecule has 1 amide bonds. The van der Waals surface area contributed by atoms with Crippen LogP contribution in [0.2, 0.25) is 0 Å². The molecule has 1 aromatic heterocycles. The van der Waals surface area contributed by atoms with E-state index in [0.717, 1.165) is 31.6 Å². The molecule has 122 valence electrons. The van der Waals surface area contributed by atoms with Gasteiger partial charge in [0.25, 0.3) is 5.91 Å². The summed E-state index contributed by atoms with van der Waals surface area (Å²) in [5.41, 5.74) is 2.66. The number of phenols is 1. The van der Waals surface area contributed by atoms with Crippen LogP contribution < -0.4 is 5.32 Å². The summed E-state index contributed by atoms with van der Waals surface area (Å²) < 4.78 is 0.545. The Hall–Kier alpha value is -1.37. The minimum absolute atomic E-state index is 0.00557. The number of aryl methyl sites for hydroxylation is 1. The highest BCUT2D eigenvalue weighted by atomic mass is 79.9. The van der Waals surface area contributed by atoms with Gasteiger partial charge in [-0.3, -0.25) is 9.69 Å². The van der Waals surface area contributed by atoms with E-state index in [2.05, 4.69) is 37.6 Å². The summed E-state index contributed by atoms with van der Waals surface area (Å²) in [6, 6.07) is 5.68. The maximum atomic E-state index is 12.3. The molecule has 1 aliphatic rings. The van der Waals surface area contributed by atoms with Gasteiger partial charge in [-0.15, -0.1) is 11.3 Å². The smallest absolute Gasteiger partial charge is 0.255 e. The van der Waals surface area contributed by atoms with Gasteiger partial charge in [0.05, 0.1) is 10.0 Å². The van der Waals surface area contributed by atoms with Crippen LogP contribution in [0.15, 0.2) is 28.1 Å². The highest BCUT2D eigenvalue weighted by Gasteiger charge is 2.18. The molecule has 0 aliphatic carbocycles. The first kappa shape index (κ1) is 16.5. The third-order valence-electron chi connectivity index (χ3n) is 4.05. The molecule has 0 radical (unpaired) electrons. The zero-order valence-corrected chi connectivity index (χ0v) is 15.3. The minimum atomic E-state index is -0.236. The van der Waals surface area contributed by atoms with Crippen molar-refractivity contribution >= 4 is 33.2 Å². The van der Waals surface area contributed by atoms with Gasteiger partial charge in [-0.25, -0.2) is 0 Å². The van der Waals surface area contributed by atoms with Crippen molar-refractivity contribution in [3.05, 3.63) is 49.6 Å². The fraction of sp³-hybridized carbons (Fsp3) is 0.353. The molecule has 0 spiro atoms. The van der Waals surface area contributed by atoms with E-state index in [1.165, 1.54) is 10.4 Å². The number of hydrogen-bond donors (Lipinski definition) is 2. The number of hydrogen-bond acceptors (Lipinski definition) is 4. The first-order chi connectivity index (χ1) is 11.0. The number of rotatable bonds is 4. The summed E-state index contributed by atoms with van der Waals surface area (Å²) in [7, 11) is 0. The number of nitrogens with zero attached hydrogens (tertiary/aromatic N) is 1. The summed E-state index contributed by atoms with van der Waals surface area (Å²) in [5, 5.41) is 15.1. The Morgan fingerprint density at radius 3 is 3.13 bits per heavy atom. The van der Waals surface area contributed by atoms with Crippen molar-refractivity contribution in [2.75, 3.05) is 19.6 Å². The molecule has 0 bridgehead atoms. The van der Waals surface area contributed by atoms with Gasteiger partial charge >= 0.3 is 0 Å². The lowest BCUT2D eigenvalue weighted by atomic mass is 10.1. The third kappa shape index (κ3) is 3.76. The molecule has 2 heterocycles.